The van der Waals surface area contributed by atoms with Gasteiger partial charge in [-0.1, -0.05) is 31.1 Å². The average Bonchev–Trinajstić information content (AvgIpc) is 3.84. The van der Waals surface area contributed by atoms with Crippen molar-refractivity contribution in [1.29, 1.82) is 0 Å². The van der Waals surface area contributed by atoms with Crippen LogP contribution in [0.1, 0.15) is 84.5 Å². The molecule has 0 aromatic carbocycles. The first-order valence-electron chi connectivity index (χ1n) is 18.2. The van der Waals surface area contributed by atoms with Crippen molar-refractivity contribution in [2.45, 2.75) is 90.1 Å². The Morgan fingerprint density at radius 2 is 1.52 bits per heavy atom. The highest BCUT2D eigenvalue weighted by Gasteiger charge is 2.64. The first-order chi connectivity index (χ1) is 22.2. The number of aromatic nitrogens is 2. The van der Waals surface area contributed by atoms with Gasteiger partial charge in [-0.2, -0.15) is 9.97 Å². The topological polar surface area (TPSA) is 93.1 Å². The summed E-state index contributed by atoms with van der Waals surface area (Å²) in [6, 6.07) is 2.17. The molecule has 4 aliphatic carbocycles. The van der Waals surface area contributed by atoms with Gasteiger partial charge >= 0.3 is 0 Å². The van der Waals surface area contributed by atoms with Gasteiger partial charge in [0, 0.05) is 75.7 Å². The minimum absolute atomic E-state index is 0.00310. The minimum Gasteiger partial charge on any atom is -0.381 e. The number of rotatable bonds is 6. The first kappa shape index (κ1) is 30.5. The molecule has 0 spiro atoms. The van der Waals surface area contributed by atoms with Gasteiger partial charge in [-0.25, -0.2) is 0 Å². The molecule has 2 saturated carbocycles. The summed E-state index contributed by atoms with van der Waals surface area (Å²) >= 11 is 0. The molecule has 0 radical (unpaired) electrons. The third kappa shape index (κ3) is 4.85. The number of hydrogen-bond acceptors (Lipinski definition) is 9. The van der Waals surface area contributed by atoms with E-state index in [0.29, 0.717) is 31.2 Å². The second kappa shape index (κ2) is 11.4. The van der Waals surface area contributed by atoms with E-state index in [2.05, 4.69) is 45.6 Å². The van der Waals surface area contributed by atoms with Gasteiger partial charge in [0.15, 0.2) is 11.6 Å². The standard InChI is InChI=1S/C37H52N6O3/c1-35-12-9-27(44)23-26(35)7-8-28-29(35)10-13-36(2)30(28)11-14-37(36,46)31(45)25-40-19-21-42(22-20-40)33-24-32(41-15-3-4-16-41)38-34(39-33)43-17-5-6-18-43/h10,23-24,28,30,46H,3-9,11-22,25H2,1-2H3/t28?,30?,35-,36-,37-/m0/s1. The van der Waals surface area contributed by atoms with E-state index in [4.69, 9.17) is 9.97 Å². The zero-order valence-electron chi connectivity index (χ0n) is 28.0. The van der Waals surface area contributed by atoms with Gasteiger partial charge in [-0.3, -0.25) is 14.5 Å². The number of Topliss-reactive ketones (excluding diaryl/α,β-unsaturated/α-hetero) is 1. The molecule has 248 valence electrons. The molecule has 7 aliphatic rings. The Kier molecular flexibility index (Phi) is 7.59. The van der Waals surface area contributed by atoms with E-state index in [9.17, 15) is 14.7 Å². The predicted molar refractivity (Wildman–Crippen MR) is 180 cm³/mol. The van der Waals surface area contributed by atoms with Gasteiger partial charge in [0.05, 0.1) is 6.54 Å². The van der Waals surface area contributed by atoms with E-state index in [1.54, 1.807) is 0 Å². The monoisotopic (exact) mass is 628 g/mol. The normalized spacial score (nSPS) is 36.3. The number of ketones is 2. The number of anilines is 3. The lowest BCUT2D eigenvalue weighted by Crippen LogP contribution is -2.58. The number of carbonyl (C=O) groups excluding carboxylic acids is 2. The van der Waals surface area contributed by atoms with Crippen LogP contribution >= 0.6 is 0 Å². The van der Waals surface area contributed by atoms with Crippen molar-refractivity contribution >= 4 is 29.2 Å². The van der Waals surface area contributed by atoms with Crippen molar-refractivity contribution in [2.75, 3.05) is 73.6 Å². The van der Waals surface area contributed by atoms with Gasteiger partial charge in [-0.15, -0.1) is 0 Å². The largest absolute Gasteiger partial charge is 0.381 e. The zero-order chi connectivity index (χ0) is 31.7. The molecule has 1 aromatic heterocycles. The van der Waals surface area contributed by atoms with Crippen molar-refractivity contribution in [1.82, 2.24) is 14.9 Å². The number of fused-ring (bicyclic) bond motifs is 5. The van der Waals surface area contributed by atoms with Gasteiger partial charge in [0.2, 0.25) is 5.95 Å². The molecule has 8 rings (SSSR count). The summed E-state index contributed by atoms with van der Waals surface area (Å²) in [4.78, 5) is 45.7. The number of hydrogen-bond donors (Lipinski definition) is 1. The van der Waals surface area contributed by atoms with Crippen molar-refractivity contribution < 1.29 is 14.7 Å². The molecule has 5 atom stereocenters. The molecule has 9 nitrogen and oxygen atoms in total. The fourth-order valence-electron chi connectivity index (χ4n) is 10.5. The Balaban J connectivity index is 0.949. The lowest BCUT2D eigenvalue weighted by Gasteiger charge is -2.54. The van der Waals surface area contributed by atoms with Gasteiger partial charge in [-0.05, 0) is 82.1 Å². The Morgan fingerprint density at radius 3 is 2.22 bits per heavy atom. The summed E-state index contributed by atoms with van der Waals surface area (Å²) < 4.78 is 0. The second-order valence-corrected chi connectivity index (χ2v) is 15.9. The SMILES string of the molecule is C[C@]12CCC(=O)C=C1CCC1C2=CC[C@@]2(C)C1CC[C@]2(O)C(=O)CN1CCN(c2cc(N3CCCC3)nc(N3CCCC3)n2)CC1. The molecule has 46 heavy (non-hydrogen) atoms. The Morgan fingerprint density at radius 1 is 0.870 bits per heavy atom. The summed E-state index contributed by atoms with van der Waals surface area (Å²) in [5.41, 5.74) is 1.02. The van der Waals surface area contributed by atoms with E-state index < -0.39 is 11.0 Å². The van der Waals surface area contributed by atoms with E-state index in [1.807, 2.05) is 6.08 Å². The van der Waals surface area contributed by atoms with Crippen molar-refractivity contribution in [3.8, 4) is 0 Å². The lowest BCUT2D eigenvalue weighted by molar-refractivity contribution is -0.154. The van der Waals surface area contributed by atoms with Crippen LogP contribution in [0.2, 0.25) is 0 Å². The molecule has 5 fully saturated rings. The van der Waals surface area contributed by atoms with Crippen molar-refractivity contribution in [2.24, 2.45) is 22.7 Å². The predicted octanol–water partition coefficient (Wildman–Crippen LogP) is 4.55. The zero-order valence-corrected chi connectivity index (χ0v) is 28.0. The number of nitrogens with zero attached hydrogens (tertiary/aromatic N) is 6. The van der Waals surface area contributed by atoms with E-state index in [1.165, 1.54) is 36.8 Å². The summed E-state index contributed by atoms with van der Waals surface area (Å²) in [6.45, 7) is 12.2. The molecule has 3 saturated heterocycles. The molecule has 0 amide bonds. The molecule has 3 aliphatic heterocycles. The third-order valence-corrected chi connectivity index (χ3v) is 13.5. The van der Waals surface area contributed by atoms with Crippen LogP contribution in [-0.2, 0) is 9.59 Å². The quantitative estimate of drug-likeness (QED) is 0.456. The fourth-order valence-corrected chi connectivity index (χ4v) is 10.5. The minimum atomic E-state index is -1.29. The van der Waals surface area contributed by atoms with E-state index in [-0.39, 0.29) is 17.0 Å². The molecular weight excluding hydrogens is 576 g/mol. The Hall–Kier alpha value is -2.78. The summed E-state index contributed by atoms with van der Waals surface area (Å²) in [6.07, 6.45) is 14.8. The smallest absolute Gasteiger partial charge is 0.229 e. The van der Waals surface area contributed by atoms with Gasteiger partial charge in [0.25, 0.3) is 0 Å². The van der Waals surface area contributed by atoms with Crippen LogP contribution in [0.5, 0.6) is 0 Å². The van der Waals surface area contributed by atoms with Crippen LogP contribution in [0.15, 0.2) is 29.4 Å². The average molecular weight is 629 g/mol. The molecule has 2 unspecified atom stereocenters. The van der Waals surface area contributed by atoms with Crippen LogP contribution in [0.25, 0.3) is 0 Å². The first-order valence-corrected chi connectivity index (χ1v) is 18.2. The van der Waals surface area contributed by atoms with Crippen molar-refractivity contribution in [3.63, 3.8) is 0 Å². The number of aliphatic hydroxyl groups is 1. The molecule has 4 heterocycles. The van der Waals surface area contributed by atoms with Crippen molar-refractivity contribution in [3.05, 3.63) is 29.4 Å². The van der Waals surface area contributed by atoms with Gasteiger partial charge in [0.1, 0.15) is 17.2 Å². The molecule has 0 bridgehead atoms. The maximum Gasteiger partial charge on any atom is 0.229 e. The lowest BCUT2D eigenvalue weighted by atomic mass is 9.50. The molecular formula is C37H52N6O3. The summed E-state index contributed by atoms with van der Waals surface area (Å²) in [5, 5.41) is 12.3. The molecule has 1 aromatic rings. The van der Waals surface area contributed by atoms with E-state index in [0.717, 1.165) is 102 Å². The van der Waals surface area contributed by atoms with Crippen LogP contribution < -0.4 is 14.7 Å². The van der Waals surface area contributed by atoms with Crippen LogP contribution in [0.4, 0.5) is 17.6 Å². The number of allylic oxidation sites excluding steroid dienone is 4. The number of carbonyl (C=O) groups is 2. The van der Waals surface area contributed by atoms with E-state index >= 15 is 0 Å². The van der Waals surface area contributed by atoms with Crippen LogP contribution in [0, 0.1) is 22.7 Å². The Bertz CT molecular complexity index is 1420. The summed E-state index contributed by atoms with van der Waals surface area (Å²) in [7, 11) is 0. The summed E-state index contributed by atoms with van der Waals surface area (Å²) in [5.74, 6) is 3.88. The maximum absolute atomic E-state index is 14.1. The highest BCUT2D eigenvalue weighted by atomic mass is 16.3. The Labute approximate surface area is 274 Å². The highest BCUT2D eigenvalue weighted by molar-refractivity contribution is 5.92. The second-order valence-electron chi connectivity index (χ2n) is 15.9. The fraction of sp³-hybridized carbons (Fsp3) is 0.730. The number of piperazine rings is 1. The third-order valence-electron chi connectivity index (χ3n) is 13.5. The van der Waals surface area contributed by atoms with Gasteiger partial charge < -0.3 is 19.8 Å². The molecule has 1 N–H and O–H groups in total. The molecule has 9 heteroatoms. The highest BCUT2D eigenvalue weighted by Crippen LogP contribution is 2.65. The van der Waals surface area contributed by atoms with Crippen LogP contribution in [-0.4, -0.2) is 96.0 Å². The van der Waals surface area contributed by atoms with Crippen LogP contribution in [0.3, 0.4) is 0 Å². The maximum atomic E-state index is 14.1.